The number of rotatable bonds is 3. The highest BCUT2D eigenvalue weighted by Gasteiger charge is 2.31. The van der Waals surface area contributed by atoms with Crippen LogP contribution < -0.4 is 0 Å². The third kappa shape index (κ3) is 2.87. The van der Waals surface area contributed by atoms with Gasteiger partial charge in [0.25, 0.3) is 0 Å². The van der Waals surface area contributed by atoms with Crippen molar-refractivity contribution in [2.75, 3.05) is 14.2 Å². The summed E-state index contributed by atoms with van der Waals surface area (Å²) >= 11 is 10.9. The van der Waals surface area contributed by atoms with Crippen molar-refractivity contribution < 1.29 is 19.1 Å². The largest absolute Gasteiger partial charge is 0.468 e. The molecular weight excluding hydrogens is 207 g/mol. The molecule has 4 nitrogen and oxygen atoms in total. The Morgan fingerprint density at radius 2 is 1.25 bits per heavy atom. The molecule has 6 heteroatoms. The minimum atomic E-state index is -1.22. The molecule has 0 aromatic carbocycles. The number of hydrogen-bond donors (Lipinski definition) is 0. The van der Waals surface area contributed by atoms with Gasteiger partial charge in [0, 0.05) is 0 Å². The first-order valence-electron chi connectivity index (χ1n) is 2.98. The Bertz CT molecular complexity index is 162. The van der Waals surface area contributed by atoms with E-state index in [1.807, 2.05) is 0 Å². The highest BCUT2D eigenvalue weighted by Crippen LogP contribution is 2.12. The van der Waals surface area contributed by atoms with E-state index in [2.05, 4.69) is 9.47 Å². The molecule has 0 aromatic heterocycles. The molecule has 0 spiro atoms. The van der Waals surface area contributed by atoms with Crippen LogP contribution in [0, 0.1) is 0 Å². The Hall–Kier alpha value is -0.480. The lowest BCUT2D eigenvalue weighted by molar-refractivity contribution is -0.146. The molecule has 0 aliphatic heterocycles. The van der Waals surface area contributed by atoms with E-state index in [1.54, 1.807) is 0 Å². The molecular formula is C6H8Cl2O4. The van der Waals surface area contributed by atoms with Crippen molar-refractivity contribution in [1.29, 1.82) is 0 Å². The van der Waals surface area contributed by atoms with Crippen molar-refractivity contribution >= 4 is 35.1 Å². The lowest BCUT2D eigenvalue weighted by atomic mass is 10.3. The Morgan fingerprint density at radius 3 is 1.42 bits per heavy atom. The van der Waals surface area contributed by atoms with Crippen LogP contribution in [0.1, 0.15) is 0 Å². The summed E-state index contributed by atoms with van der Waals surface area (Å²) in [6.07, 6.45) is 0. The molecule has 0 rings (SSSR count). The Kier molecular flexibility index (Phi) is 5.01. The van der Waals surface area contributed by atoms with E-state index in [4.69, 9.17) is 23.2 Å². The zero-order valence-electron chi connectivity index (χ0n) is 6.54. The molecule has 0 aromatic rings. The second-order valence-corrected chi connectivity index (χ2v) is 2.79. The van der Waals surface area contributed by atoms with Gasteiger partial charge in [-0.1, -0.05) is 0 Å². The van der Waals surface area contributed by atoms with Crippen molar-refractivity contribution in [1.82, 2.24) is 0 Å². The van der Waals surface area contributed by atoms with Crippen LogP contribution in [0.5, 0.6) is 0 Å². The molecule has 0 heterocycles. The second-order valence-electron chi connectivity index (χ2n) is 1.85. The fraction of sp³-hybridized carbons (Fsp3) is 0.667. The molecule has 70 valence electrons. The van der Waals surface area contributed by atoms with Crippen LogP contribution in [0.4, 0.5) is 0 Å². The first-order chi connectivity index (χ1) is 5.54. The van der Waals surface area contributed by atoms with Crippen molar-refractivity contribution in [2.45, 2.75) is 10.8 Å². The van der Waals surface area contributed by atoms with Crippen LogP contribution in [0.3, 0.4) is 0 Å². The van der Waals surface area contributed by atoms with Crippen molar-refractivity contribution in [3.8, 4) is 0 Å². The van der Waals surface area contributed by atoms with Crippen LogP contribution in [0.25, 0.3) is 0 Å². The molecule has 0 unspecified atom stereocenters. The van der Waals surface area contributed by atoms with Gasteiger partial charge in [0.1, 0.15) is 0 Å². The monoisotopic (exact) mass is 214 g/mol. The van der Waals surface area contributed by atoms with E-state index < -0.39 is 22.7 Å². The molecule has 0 aliphatic carbocycles. The molecule has 0 bridgehead atoms. The number of alkyl halides is 2. The fourth-order valence-electron chi connectivity index (χ4n) is 0.464. The second kappa shape index (κ2) is 5.22. The summed E-state index contributed by atoms with van der Waals surface area (Å²) in [4.78, 5) is 21.5. The van der Waals surface area contributed by atoms with E-state index in [-0.39, 0.29) is 0 Å². The number of hydrogen-bond acceptors (Lipinski definition) is 4. The average molecular weight is 215 g/mol. The van der Waals surface area contributed by atoms with E-state index in [0.29, 0.717) is 0 Å². The van der Waals surface area contributed by atoms with E-state index in [0.717, 1.165) is 14.2 Å². The normalized spacial score (nSPS) is 14.7. The maximum Gasteiger partial charge on any atom is 0.325 e. The van der Waals surface area contributed by atoms with Gasteiger partial charge in [0.05, 0.1) is 14.2 Å². The van der Waals surface area contributed by atoms with Crippen LogP contribution in [-0.4, -0.2) is 36.9 Å². The zero-order chi connectivity index (χ0) is 9.72. The van der Waals surface area contributed by atoms with E-state index in [1.165, 1.54) is 0 Å². The van der Waals surface area contributed by atoms with Gasteiger partial charge < -0.3 is 9.47 Å². The number of carbonyl (C=O) groups is 2. The van der Waals surface area contributed by atoms with Gasteiger partial charge in [-0.15, -0.1) is 23.2 Å². The van der Waals surface area contributed by atoms with E-state index in [9.17, 15) is 9.59 Å². The van der Waals surface area contributed by atoms with Gasteiger partial charge in [-0.25, -0.2) is 0 Å². The van der Waals surface area contributed by atoms with Gasteiger partial charge in [-0.05, 0) is 0 Å². The summed E-state index contributed by atoms with van der Waals surface area (Å²) < 4.78 is 8.53. The molecule has 2 atom stereocenters. The van der Waals surface area contributed by atoms with Crippen molar-refractivity contribution in [3.63, 3.8) is 0 Å². The molecule has 0 amide bonds. The fourth-order valence-corrected chi connectivity index (χ4v) is 0.848. The summed E-state index contributed by atoms with van der Waals surface area (Å²) in [5, 5.41) is -2.44. The molecule has 0 saturated heterocycles. The number of esters is 2. The summed E-state index contributed by atoms with van der Waals surface area (Å²) in [6.45, 7) is 0. The quantitative estimate of drug-likeness (QED) is 0.509. The molecule has 12 heavy (non-hydrogen) atoms. The smallest absolute Gasteiger partial charge is 0.325 e. The lowest BCUT2D eigenvalue weighted by Gasteiger charge is -2.10. The first kappa shape index (κ1) is 11.5. The summed E-state index contributed by atoms with van der Waals surface area (Å²) in [5.41, 5.74) is 0. The minimum Gasteiger partial charge on any atom is -0.468 e. The number of ether oxygens (including phenoxy) is 2. The highest BCUT2D eigenvalue weighted by atomic mass is 35.5. The van der Waals surface area contributed by atoms with Gasteiger partial charge >= 0.3 is 11.9 Å². The zero-order valence-corrected chi connectivity index (χ0v) is 8.06. The average Bonchev–Trinajstić information content (AvgIpc) is 2.12. The minimum absolute atomic E-state index is 0.762. The van der Waals surface area contributed by atoms with Crippen molar-refractivity contribution in [3.05, 3.63) is 0 Å². The third-order valence-corrected chi connectivity index (χ3v) is 2.10. The summed E-state index contributed by atoms with van der Waals surface area (Å²) in [7, 11) is 2.30. The summed E-state index contributed by atoms with van der Waals surface area (Å²) in [6, 6.07) is 0. The van der Waals surface area contributed by atoms with Gasteiger partial charge in [0.15, 0.2) is 10.8 Å². The maximum atomic E-state index is 10.7. The number of halogens is 2. The Balaban J connectivity index is 4.18. The number of carbonyl (C=O) groups excluding carboxylic acids is 2. The van der Waals surface area contributed by atoms with E-state index >= 15 is 0 Å². The molecule has 0 saturated carbocycles. The maximum absolute atomic E-state index is 10.7. The van der Waals surface area contributed by atoms with Gasteiger partial charge in [-0.3, -0.25) is 9.59 Å². The molecule has 0 N–H and O–H groups in total. The predicted molar refractivity (Wildman–Crippen MR) is 43.3 cm³/mol. The third-order valence-electron chi connectivity index (χ3n) is 1.11. The van der Waals surface area contributed by atoms with Crippen LogP contribution in [0.15, 0.2) is 0 Å². The van der Waals surface area contributed by atoms with Gasteiger partial charge in [-0.2, -0.15) is 0 Å². The first-order valence-corrected chi connectivity index (χ1v) is 3.85. The molecule has 0 aliphatic rings. The number of methoxy groups -OCH3 is 2. The molecule has 0 radical (unpaired) electrons. The topological polar surface area (TPSA) is 52.6 Å². The van der Waals surface area contributed by atoms with Crippen LogP contribution in [0.2, 0.25) is 0 Å². The SMILES string of the molecule is COC(=O)[C@@H](Cl)[C@@H](Cl)C(=O)OC. The Morgan fingerprint density at radius 1 is 1.00 bits per heavy atom. The highest BCUT2D eigenvalue weighted by molar-refractivity contribution is 6.41. The molecule has 0 fully saturated rings. The standard InChI is InChI=1S/C6H8Cl2O4/c1-11-5(9)3(7)4(8)6(10)12-2/h3-4H,1-2H3/t3-,4+. The van der Waals surface area contributed by atoms with Crippen LogP contribution >= 0.6 is 23.2 Å². The van der Waals surface area contributed by atoms with Crippen molar-refractivity contribution in [2.24, 2.45) is 0 Å². The predicted octanol–water partition coefficient (Wildman–Crippen LogP) is 0.547. The lowest BCUT2D eigenvalue weighted by Crippen LogP contribution is -2.33. The van der Waals surface area contributed by atoms with Crippen LogP contribution in [-0.2, 0) is 19.1 Å². The van der Waals surface area contributed by atoms with Gasteiger partial charge in [0.2, 0.25) is 0 Å². The summed E-state index contributed by atoms with van der Waals surface area (Å²) in [5.74, 6) is -1.52. The Labute approximate surface area is 79.7 Å².